The summed E-state index contributed by atoms with van der Waals surface area (Å²) in [7, 11) is 1.49. The first-order valence-corrected chi connectivity index (χ1v) is 13.2. The number of nitrogens with zero attached hydrogens (tertiary/aromatic N) is 1. The molecule has 5 rings (SSSR count). The molecule has 4 aromatic rings. The molecule has 5 heteroatoms. The highest BCUT2D eigenvalue weighted by Crippen LogP contribution is 2.40. The van der Waals surface area contributed by atoms with Gasteiger partial charge in [-0.05, 0) is 81.5 Å². The molecule has 2 heterocycles. The van der Waals surface area contributed by atoms with E-state index in [1.54, 1.807) is 12.1 Å². The number of piperidine rings is 1. The maximum absolute atomic E-state index is 15.3. The van der Waals surface area contributed by atoms with Gasteiger partial charge < -0.3 is 14.8 Å². The number of aryl methyl sites for hydroxylation is 3. The van der Waals surface area contributed by atoms with Gasteiger partial charge in [-0.3, -0.25) is 4.98 Å². The maximum atomic E-state index is 15.3. The minimum absolute atomic E-state index is 0.232. The number of pyridine rings is 1. The molecule has 0 aliphatic carbocycles. The Morgan fingerprint density at radius 3 is 2.51 bits per heavy atom. The molecule has 3 aromatic carbocycles. The Balaban J connectivity index is 1.64. The van der Waals surface area contributed by atoms with Gasteiger partial charge in [0.25, 0.3) is 0 Å². The van der Waals surface area contributed by atoms with Crippen molar-refractivity contribution >= 4 is 10.9 Å². The third-order valence-corrected chi connectivity index (χ3v) is 7.30. The molecule has 1 atom stereocenters. The number of hydrogen-bond acceptors (Lipinski definition) is 4. The lowest BCUT2D eigenvalue weighted by Gasteiger charge is -2.24. The van der Waals surface area contributed by atoms with Crippen LogP contribution in [0.1, 0.15) is 42.4 Å². The predicted octanol–water partition coefficient (Wildman–Crippen LogP) is 7.55. The van der Waals surface area contributed by atoms with E-state index in [0.717, 1.165) is 51.9 Å². The highest BCUT2D eigenvalue weighted by atomic mass is 19.1. The SMILES string of the molecule is COc1cccc(-c2cc3c(OCCC4CCCCN4)c(-c4cc(C)cc(C)c4)cnc3cc2C)c1F. The average molecular weight is 499 g/mol. The summed E-state index contributed by atoms with van der Waals surface area (Å²) in [4.78, 5) is 4.82. The summed E-state index contributed by atoms with van der Waals surface area (Å²) in [5.74, 6) is 0.669. The van der Waals surface area contributed by atoms with Crippen LogP contribution in [0.2, 0.25) is 0 Å². The van der Waals surface area contributed by atoms with Crippen LogP contribution in [0.25, 0.3) is 33.2 Å². The molecule has 1 unspecified atom stereocenters. The molecule has 37 heavy (non-hydrogen) atoms. The van der Waals surface area contributed by atoms with Crippen molar-refractivity contribution in [2.45, 2.75) is 52.5 Å². The molecular formula is C32H35FN2O2. The van der Waals surface area contributed by atoms with Gasteiger partial charge in [0.15, 0.2) is 11.6 Å². The zero-order chi connectivity index (χ0) is 25.9. The van der Waals surface area contributed by atoms with E-state index in [9.17, 15) is 0 Å². The molecule has 1 aliphatic rings. The van der Waals surface area contributed by atoms with Crippen molar-refractivity contribution in [1.29, 1.82) is 0 Å². The van der Waals surface area contributed by atoms with Gasteiger partial charge in [0.2, 0.25) is 0 Å². The smallest absolute Gasteiger partial charge is 0.172 e. The van der Waals surface area contributed by atoms with Gasteiger partial charge in [0.1, 0.15) is 5.75 Å². The molecule has 1 saturated heterocycles. The van der Waals surface area contributed by atoms with Gasteiger partial charge in [-0.2, -0.15) is 0 Å². The molecule has 4 nitrogen and oxygen atoms in total. The van der Waals surface area contributed by atoms with Crippen molar-refractivity contribution in [3.63, 3.8) is 0 Å². The predicted molar refractivity (Wildman–Crippen MR) is 149 cm³/mol. The van der Waals surface area contributed by atoms with Gasteiger partial charge in [-0.15, -0.1) is 0 Å². The van der Waals surface area contributed by atoms with E-state index in [1.165, 1.54) is 37.5 Å². The molecule has 192 valence electrons. The Kier molecular flexibility index (Phi) is 7.43. The van der Waals surface area contributed by atoms with Crippen LogP contribution in [0, 0.1) is 26.6 Å². The number of rotatable bonds is 7. The summed E-state index contributed by atoms with van der Waals surface area (Å²) in [6.45, 7) is 7.87. The van der Waals surface area contributed by atoms with Crippen molar-refractivity contribution < 1.29 is 13.9 Å². The number of fused-ring (bicyclic) bond motifs is 1. The summed E-state index contributed by atoms with van der Waals surface area (Å²) >= 11 is 0. The van der Waals surface area contributed by atoms with Crippen molar-refractivity contribution in [1.82, 2.24) is 10.3 Å². The molecule has 1 aromatic heterocycles. The van der Waals surface area contributed by atoms with Crippen LogP contribution in [-0.4, -0.2) is 31.3 Å². The molecule has 0 radical (unpaired) electrons. The quantitative estimate of drug-likeness (QED) is 0.286. The molecular weight excluding hydrogens is 463 g/mol. The number of halogens is 1. The highest BCUT2D eigenvalue weighted by molar-refractivity contribution is 5.96. The van der Waals surface area contributed by atoms with Crippen LogP contribution >= 0.6 is 0 Å². The van der Waals surface area contributed by atoms with E-state index < -0.39 is 0 Å². The standard InChI is InChI=1S/C32H35FN2O2/c1-20-14-21(2)16-23(15-20)28-19-35-29-17-22(3)26(25-9-7-10-30(36-4)31(25)33)18-27(29)32(28)37-13-11-24-8-5-6-12-34-24/h7,9-10,14-19,24,34H,5-6,8,11-13H2,1-4H3. The summed E-state index contributed by atoms with van der Waals surface area (Å²) < 4.78 is 27.1. The number of aromatic nitrogens is 1. The van der Waals surface area contributed by atoms with Gasteiger partial charge in [-0.25, -0.2) is 4.39 Å². The summed E-state index contributed by atoms with van der Waals surface area (Å²) in [5, 5.41) is 4.50. The second-order valence-electron chi connectivity index (χ2n) is 10.2. The summed E-state index contributed by atoms with van der Waals surface area (Å²) in [6, 6.07) is 16.3. The van der Waals surface area contributed by atoms with Gasteiger partial charge in [0, 0.05) is 28.8 Å². The van der Waals surface area contributed by atoms with Crippen molar-refractivity contribution in [2.24, 2.45) is 0 Å². The lowest BCUT2D eigenvalue weighted by Crippen LogP contribution is -2.35. The van der Waals surface area contributed by atoms with E-state index in [4.69, 9.17) is 14.5 Å². The Bertz CT molecular complexity index is 1410. The van der Waals surface area contributed by atoms with Crippen LogP contribution < -0.4 is 14.8 Å². The first kappa shape index (κ1) is 25.2. The largest absolute Gasteiger partial charge is 0.494 e. The van der Waals surface area contributed by atoms with E-state index in [2.05, 4.69) is 37.4 Å². The average Bonchev–Trinajstić information content (AvgIpc) is 2.89. The molecule has 1 fully saturated rings. The Morgan fingerprint density at radius 1 is 0.973 bits per heavy atom. The normalized spacial score (nSPS) is 15.6. The second kappa shape index (κ2) is 10.9. The molecule has 0 amide bonds. The van der Waals surface area contributed by atoms with Gasteiger partial charge >= 0.3 is 0 Å². The minimum Gasteiger partial charge on any atom is -0.494 e. The molecule has 0 bridgehead atoms. The molecule has 1 N–H and O–H groups in total. The Morgan fingerprint density at radius 2 is 1.78 bits per heavy atom. The highest BCUT2D eigenvalue weighted by Gasteiger charge is 2.19. The van der Waals surface area contributed by atoms with Crippen LogP contribution in [0.5, 0.6) is 11.5 Å². The first-order chi connectivity index (χ1) is 17.9. The first-order valence-electron chi connectivity index (χ1n) is 13.2. The fraction of sp³-hybridized carbons (Fsp3) is 0.344. The van der Waals surface area contributed by atoms with Crippen molar-refractivity contribution in [3.05, 3.63) is 77.2 Å². The second-order valence-corrected chi connectivity index (χ2v) is 10.2. The fourth-order valence-electron chi connectivity index (χ4n) is 5.45. The van der Waals surface area contributed by atoms with Gasteiger partial charge in [-0.1, -0.05) is 47.9 Å². The molecule has 0 spiro atoms. The summed E-state index contributed by atoms with van der Waals surface area (Å²) in [6.07, 6.45) is 6.54. The minimum atomic E-state index is -0.364. The van der Waals surface area contributed by atoms with Crippen molar-refractivity contribution in [2.75, 3.05) is 20.3 Å². The monoisotopic (exact) mass is 498 g/mol. The molecule has 0 saturated carbocycles. The number of benzene rings is 3. The number of methoxy groups -OCH3 is 1. The number of ether oxygens (including phenoxy) is 2. The molecule has 1 aliphatic heterocycles. The third-order valence-electron chi connectivity index (χ3n) is 7.30. The maximum Gasteiger partial charge on any atom is 0.172 e. The lowest BCUT2D eigenvalue weighted by atomic mass is 9.94. The van der Waals surface area contributed by atoms with E-state index in [-0.39, 0.29) is 11.6 Å². The van der Waals surface area contributed by atoms with Crippen molar-refractivity contribution in [3.8, 4) is 33.8 Å². The van der Waals surface area contributed by atoms with Crippen LogP contribution in [0.4, 0.5) is 4.39 Å². The lowest BCUT2D eigenvalue weighted by molar-refractivity contribution is 0.271. The van der Waals surface area contributed by atoms with Gasteiger partial charge in [0.05, 0.1) is 19.2 Å². The van der Waals surface area contributed by atoms with E-state index >= 15 is 4.39 Å². The zero-order valence-electron chi connectivity index (χ0n) is 22.2. The fourth-order valence-corrected chi connectivity index (χ4v) is 5.45. The Hall–Kier alpha value is -3.44. The Labute approximate surface area is 218 Å². The van der Waals surface area contributed by atoms with Crippen LogP contribution in [0.3, 0.4) is 0 Å². The topological polar surface area (TPSA) is 43.4 Å². The van der Waals surface area contributed by atoms with Crippen LogP contribution in [0.15, 0.2) is 54.7 Å². The van der Waals surface area contributed by atoms with Crippen LogP contribution in [-0.2, 0) is 0 Å². The zero-order valence-corrected chi connectivity index (χ0v) is 22.2. The summed E-state index contributed by atoms with van der Waals surface area (Å²) in [5.41, 5.74) is 7.51. The third kappa shape index (κ3) is 5.33. The number of nitrogens with one attached hydrogen (secondary N) is 1. The van der Waals surface area contributed by atoms with E-state index in [1.807, 2.05) is 31.3 Å². The van der Waals surface area contributed by atoms with E-state index in [0.29, 0.717) is 18.2 Å². The number of hydrogen-bond donors (Lipinski definition) is 1.